The summed E-state index contributed by atoms with van der Waals surface area (Å²) < 4.78 is 15.5. The first-order valence-electron chi connectivity index (χ1n) is 7.88. The van der Waals surface area contributed by atoms with Crippen LogP contribution in [0.15, 0.2) is 54.5 Å². The molecule has 25 heavy (non-hydrogen) atoms. The quantitative estimate of drug-likeness (QED) is 0.549. The van der Waals surface area contributed by atoms with E-state index in [0.29, 0.717) is 0 Å². The summed E-state index contributed by atoms with van der Waals surface area (Å²) in [6.07, 6.45) is 2.14. The van der Waals surface area contributed by atoms with Crippen molar-refractivity contribution in [3.05, 3.63) is 60.0 Å². The molecule has 1 saturated heterocycles. The highest BCUT2D eigenvalue weighted by atomic mass is 32.2. The van der Waals surface area contributed by atoms with E-state index >= 15 is 0 Å². The summed E-state index contributed by atoms with van der Waals surface area (Å²) in [5.74, 6) is -1.72. The van der Waals surface area contributed by atoms with Gasteiger partial charge in [0.1, 0.15) is 11.8 Å². The number of rotatable bonds is 7. The molecular formula is C19H22O5S. The van der Waals surface area contributed by atoms with Crippen molar-refractivity contribution in [2.45, 2.75) is 18.0 Å². The van der Waals surface area contributed by atoms with Gasteiger partial charge in [-0.05, 0) is 17.0 Å². The van der Waals surface area contributed by atoms with E-state index in [9.17, 15) is 9.59 Å². The lowest BCUT2D eigenvalue weighted by Crippen LogP contribution is -2.35. The van der Waals surface area contributed by atoms with Crippen LogP contribution in [0.25, 0.3) is 0 Å². The second-order valence-electron chi connectivity index (χ2n) is 5.52. The normalized spacial score (nSPS) is 25.7. The van der Waals surface area contributed by atoms with Gasteiger partial charge in [0.25, 0.3) is 0 Å². The molecule has 4 atom stereocenters. The number of carbonyl (C=O) groups excluding carboxylic acids is 2. The van der Waals surface area contributed by atoms with Crippen LogP contribution >= 0.6 is 11.8 Å². The van der Waals surface area contributed by atoms with Crippen LogP contribution < -0.4 is 0 Å². The van der Waals surface area contributed by atoms with Gasteiger partial charge >= 0.3 is 11.9 Å². The SMILES string of the molecule is C=CC1OC(/C=C/SCc2ccccc2)C(C(=O)OC)C1C(=O)OC. The summed E-state index contributed by atoms with van der Waals surface area (Å²) in [7, 11) is 2.58. The van der Waals surface area contributed by atoms with Crippen molar-refractivity contribution in [2.75, 3.05) is 14.2 Å². The third-order valence-electron chi connectivity index (χ3n) is 4.05. The van der Waals surface area contributed by atoms with E-state index in [4.69, 9.17) is 14.2 Å². The van der Waals surface area contributed by atoms with Gasteiger partial charge in [0, 0.05) is 5.75 Å². The number of benzene rings is 1. The van der Waals surface area contributed by atoms with E-state index in [1.807, 2.05) is 35.7 Å². The summed E-state index contributed by atoms with van der Waals surface area (Å²) in [5, 5.41) is 1.88. The number of hydrogen-bond acceptors (Lipinski definition) is 6. The van der Waals surface area contributed by atoms with Crippen molar-refractivity contribution in [2.24, 2.45) is 11.8 Å². The van der Waals surface area contributed by atoms with Gasteiger partial charge in [0.2, 0.25) is 0 Å². The Labute approximate surface area is 152 Å². The van der Waals surface area contributed by atoms with E-state index in [1.54, 1.807) is 17.8 Å². The van der Waals surface area contributed by atoms with E-state index < -0.39 is 36.0 Å². The van der Waals surface area contributed by atoms with Crippen molar-refractivity contribution >= 4 is 23.7 Å². The first-order chi connectivity index (χ1) is 12.1. The van der Waals surface area contributed by atoms with Crippen LogP contribution in [0, 0.1) is 11.8 Å². The van der Waals surface area contributed by atoms with Crippen LogP contribution in [0.4, 0.5) is 0 Å². The number of carbonyl (C=O) groups is 2. The fraction of sp³-hybridized carbons (Fsp3) is 0.368. The van der Waals surface area contributed by atoms with Crippen LogP contribution in [0.1, 0.15) is 5.56 Å². The largest absolute Gasteiger partial charge is 0.469 e. The molecule has 0 aromatic heterocycles. The molecule has 1 aromatic carbocycles. The molecule has 1 aromatic rings. The van der Waals surface area contributed by atoms with Crippen LogP contribution in [0.3, 0.4) is 0 Å². The number of thioether (sulfide) groups is 1. The van der Waals surface area contributed by atoms with E-state index in [2.05, 4.69) is 6.58 Å². The molecule has 134 valence electrons. The smallest absolute Gasteiger partial charge is 0.312 e. The minimum Gasteiger partial charge on any atom is -0.469 e. The van der Waals surface area contributed by atoms with Gasteiger partial charge in [-0.2, -0.15) is 0 Å². The maximum absolute atomic E-state index is 12.2. The van der Waals surface area contributed by atoms with Crippen LogP contribution in [0.2, 0.25) is 0 Å². The van der Waals surface area contributed by atoms with Crippen molar-refractivity contribution in [1.82, 2.24) is 0 Å². The third kappa shape index (κ3) is 4.74. The summed E-state index contributed by atoms with van der Waals surface area (Å²) in [6, 6.07) is 10.0. The van der Waals surface area contributed by atoms with Gasteiger partial charge in [-0.3, -0.25) is 9.59 Å². The highest BCUT2D eigenvalue weighted by Gasteiger charge is 2.51. The average Bonchev–Trinajstić information content (AvgIpc) is 3.03. The lowest BCUT2D eigenvalue weighted by molar-refractivity contribution is -0.156. The molecule has 4 unspecified atom stereocenters. The Morgan fingerprint density at radius 3 is 2.28 bits per heavy atom. The Balaban J connectivity index is 2.08. The molecule has 1 fully saturated rings. The molecule has 1 aliphatic heterocycles. The van der Waals surface area contributed by atoms with Crippen molar-refractivity contribution in [3.63, 3.8) is 0 Å². The molecule has 2 rings (SSSR count). The third-order valence-corrected chi connectivity index (χ3v) is 4.89. The lowest BCUT2D eigenvalue weighted by atomic mass is 9.87. The Hall–Kier alpha value is -2.05. The first kappa shape index (κ1) is 19.3. The number of esters is 2. The first-order valence-corrected chi connectivity index (χ1v) is 8.93. The standard InChI is InChI=1S/C19H22O5S/c1-4-14-16(18(20)22-2)17(19(21)23-3)15(24-14)10-11-25-12-13-8-6-5-7-9-13/h4-11,14-17H,1,12H2,2-3H3/b11-10+. The fourth-order valence-electron chi connectivity index (χ4n) is 2.81. The maximum Gasteiger partial charge on any atom is 0.312 e. The Morgan fingerprint density at radius 2 is 1.72 bits per heavy atom. The van der Waals surface area contributed by atoms with E-state index in [1.165, 1.54) is 25.9 Å². The second kappa shape index (κ2) is 9.44. The topological polar surface area (TPSA) is 61.8 Å². The number of ether oxygens (including phenoxy) is 3. The average molecular weight is 362 g/mol. The molecule has 0 aliphatic carbocycles. The van der Waals surface area contributed by atoms with Crippen molar-refractivity contribution in [3.8, 4) is 0 Å². The van der Waals surface area contributed by atoms with E-state index in [-0.39, 0.29) is 0 Å². The predicted octanol–water partition coefficient (Wildman–Crippen LogP) is 2.97. The highest BCUT2D eigenvalue weighted by molar-refractivity contribution is 8.01. The number of methoxy groups -OCH3 is 2. The van der Waals surface area contributed by atoms with Gasteiger partial charge in [0.05, 0.1) is 26.4 Å². The molecule has 0 N–H and O–H groups in total. The molecule has 1 heterocycles. The summed E-state index contributed by atoms with van der Waals surface area (Å²) in [4.78, 5) is 24.3. The minimum absolute atomic E-state index is 0.498. The van der Waals surface area contributed by atoms with Gasteiger partial charge in [-0.25, -0.2) is 0 Å². The molecular weight excluding hydrogens is 340 g/mol. The Morgan fingerprint density at radius 1 is 1.12 bits per heavy atom. The summed E-state index contributed by atoms with van der Waals surface area (Å²) in [5.41, 5.74) is 1.20. The van der Waals surface area contributed by atoms with E-state index in [0.717, 1.165) is 5.75 Å². The lowest BCUT2D eigenvalue weighted by Gasteiger charge is -2.17. The predicted molar refractivity (Wildman–Crippen MR) is 96.7 cm³/mol. The molecule has 5 nitrogen and oxygen atoms in total. The maximum atomic E-state index is 12.2. The highest BCUT2D eigenvalue weighted by Crippen LogP contribution is 2.36. The number of hydrogen-bond donors (Lipinski definition) is 0. The van der Waals surface area contributed by atoms with Gasteiger partial charge in [0.15, 0.2) is 0 Å². The summed E-state index contributed by atoms with van der Waals surface area (Å²) >= 11 is 1.58. The molecule has 0 amide bonds. The Kier molecular flexibility index (Phi) is 7.28. The minimum atomic E-state index is -0.760. The zero-order valence-corrected chi connectivity index (χ0v) is 15.1. The molecule has 0 saturated carbocycles. The monoisotopic (exact) mass is 362 g/mol. The van der Waals surface area contributed by atoms with Crippen LogP contribution in [-0.2, 0) is 29.6 Å². The zero-order chi connectivity index (χ0) is 18.2. The molecule has 1 aliphatic rings. The van der Waals surface area contributed by atoms with Crippen LogP contribution in [0.5, 0.6) is 0 Å². The van der Waals surface area contributed by atoms with Crippen molar-refractivity contribution in [1.29, 1.82) is 0 Å². The van der Waals surface area contributed by atoms with Crippen molar-refractivity contribution < 1.29 is 23.8 Å². The second-order valence-corrected chi connectivity index (χ2v) is 6.42. The van der Waals surface area contributed by atoms with Gasteiger partial charge in [-0.1, -0.05) is 36.4 Å². The zero-order valence-electron chi connectivity index (χ0n) is 14.3. The molecule has 6 heteroatoms. The fourth-order valence-corrected chi connectivity index (χ4v) is 3.56. The summed E-state index contributed by atoms with van der Waals surface area (Å²) in [6.45, 7) is 3.69. The van der Waals surface area contributed by atoms with Gasteiger partial charge < -0.3 is 14.2 Å². The Bertz CT molecular complexity index is 628. The molecule has 0 spiro atoms. The van der Waals surface area contributed by atoms with Gasteiger partial charge in [-0.15, -0.1) is 18.3 Å². The van der Waals surface area contributed by atoms with Crippen LogP contribution in [-0.4, -0.2) is 38.4 Å². The molecule has 0 radical (unpaired) electrons. The molecule has 0 bridgehead atoms.